The predicted octanol–water partition coefficient (Wildman–Crippen LogP) is 3.84. The Morgan fingerprint density at radius 3 is 2.50 bits per heavy atom. The number of pyridine rings is 1. The Labute approximate surface area is 119 Å². The molecule has 0 aliphatic carbocycles. The van der Waals surface area contributed by atoms with Gasteiger partial charge in [0.05, 0.1) is 0 Å². The number of hydrogen-bond donors (Lipinski definition) is 1. The standard InChI is InChI=1S/C17H19N3/c1-3-5-13-8-10-14(11-9-13)16-17(18)20-12(2)6-4-7-15(20)19-16/h4,6-11H,3,5,18H2,1-2H3. The van der Waals surface area contributed by atoms with Crippen molar-refractivity contribution in [3.63, 3.8) is 0 Å². The minimum Gasteiger partial charge on any atom is -0.383 e. The van der Waals surface area contributed by atoms with Crippen LogP contribution in [0.25, 0.3) is 16.9 Å². The van der Waals surface area contributed by atoms with Gasteiger partial charge in [0.1, 0.15) is 17.2 Å². The van der Waals surface area contributed by atoms with Gasteiger partial charge in [0.15, 0.2) is 0 Å². The highest BCUT2D eigenvalue weighted by Gasteiger charge is 2.12. The highest BCUT2D eigenvalue weighted by atomic mass is 15.1. The summed E-state index contributed by atoms with van der Waals surface area (Å²) in [6.07, 6.45) is 2.27. The van der Waals surface area contributed by atoms with Gasteiger partial charge in [-0.1, -0.05) is 43.7 Å². The lowest BCUT2D eigenvalue weighted by Gasteiger charge is -2.03. The highest BCUT2D eigenvalue weighted by Crippen LogP contribution is 2.27. The Morgan fingerprint density at radius 1 is 1.10 bits per heavy atom. The monoisotopic (exact) mass is 265 g/mol. The second kappa shape index (κ2) is 5.00. The number of benzene rings is 1. The minimum absolute atomic E-state index is 0.710. The van der Waals surface area contributed by atoms with Crippen molar-refractivity contribution < 1.29 is 0 Å². The number of aryl methyl sites for hydroxylation is 2. The van der Waals surface area contributed by atoms with Crippen LogP contribution in [0, 0.1) is 6.92 Å². The molecule has 0 fully saturated rings. The van der Waals surface area contributed by atoms with E-state index in [0.29, 0.717) is 5.82 Å². The van der Waals surface area contributed by atoms with E-state index in [1.54, 1.807) is 0 Å². The second-order valence-electron chi connectivity index (χ2n) is 5.15. The van der Waals surface area contributed by atoms with Gasteiger partial charge in [-0.15, -0.1) is 0 Å². The van der Waals surface area contributed by atoms with Crippen molar-refractivity contribution in [1.82, 2.24) is 9.38 Å². The van der Waals surface area contributed by atoms with Gasteiger partial charge in [-0.3, -0.25) is 4.40 Å². The average Bonchev–Trinajstić information content (AvgIpc) is 2.79. The summed E-state index contributed by atoms with van der Waals surface area (Å²) in [5, 5.41) is 0. The first-order valence-corrected chi connectivity index (χ1v) is 7.03. The van der Waals surface area contributed by atoms with Crippen molar-refractivity contribution in [1.29, 1.82) is 0 Å². The van der Waals surface area contributed by atoms with E-state index < -0.39 is 0 Å². The molecule has 102 valence electrons. The molecule has 0 unspecified atom stereocenters. The number of rotatable bonds is 3. The van der Waals surface area contributed by atoms with Crippen molar-refractivity contribution in [3.05, 3.63) is 53.7 Å². The predicted molar refractivity (Wildman–Crippen MR) is 83.8 cm³/mol. The molecule has 1 aromatic carbocycles. The molecule has 3 heteroatoms. The summed E-state index contributed by atoms with van der Waals surface area (Å²) in [5.74, 6) is 0.710. The second-order valence-corrected chi connectivity index (χ2v) is 5.15. The molecule has 0 saturated heterocycles. The molecule has 0 radical (unpaired) electrons. The molecule has 20 heavy (non-hydrogen) atoms. The molecule has 2 N–H and O–H groups in total. The van der Waals surface area contributed by atoms with Gasteiger partial charge < -0.3 is 5.73 Å². The minimum atomic E-state index is 0.710. The number of nitrogens with two attached hydrogens (primary N) is 1. The van der Waals surface area contributed by atoms with E-state index in [1.165, 1.54) is 5.56 Å². The molecule has 0 saturated carbocycles. The Kier molecular flexibility index (Phi) is 3.18. The fourth-order valence-corrected chi connectivity index (χ4v) is 2.61. The molecule has 2 heterocycles. The molecule has 3 rings (SSSR count). The summed E-state index contributed by atoms with van der Waals surface area (Å²) < 4.78 is 2.00. The molecule has 0 aliphatic heterocycles. The number of nitrogen functional groups attached to an aromatic ring is 1. The van der Waals surface area contributed by atoms with Crippen LogP contribution in [-0.2, 0) is 6.42 Å². The van der Waals surface area contributed by atoms with Crippen LogP contribution in [0.3, 0.4) is 0 Å². The van der Waals surface area contributed by atoms with Gasteiger partial charge in [0.25, 0.3) is 0 Å². The number of aromatic nitrogens is 2. The Hall–Kier alpha value is -2.29. The number of nitrogens with zero attached hydrogens (tertiary/aromatic N) is 2. The fraction of sp³-hybridized carbons (Fsp3) is 0.235. The summed E-state index contributed by atoms with van der Waals surface area (Å²) in [4.78, 5) is 4.66. The molecule has 3 aromatic rings. The number of imidazole rings is 1. The van der Waals surface area contributed by atoms with Gasteiger partial charge in [-0.2, -0.15) is 0 Å². The van der Waals surface area contributed by atoms with Gasteiger partial charge in [0.2, 0.25) is 0 Å². The third-order valence-corrected chi connectivity index (χ3v) is 3.64. The molecule has 0 bridgehead atoms. The van der Waals surface area contributed by atoms with Crippen molar-refractivity contribution in [2.24, 2.45) is 0 Å². The first kappa shape index (κ1) is 12.7. The molecule has 2 aromatic heterocycles. The van der Waals surface area contributed by atoms with E-state index in [4.69, 9.17) is 5.73 Å². The van der Waals surface area contributed by atoms with Crippen LogP contribution >= 0.6 is 0 Å². The van der Waals surface area contributed by atoms with Gasteiger partial charge >= 0.3 is 0 Å². The smallest absolute Gasteiger partial charge is 0.139 e. The zero-order valence-corrected chi connectivity index (χ0v) is 11.9. The molecular formula is C17H19N3. The van der Waals surface area contributed by atoms with E-state index in [0.717, 1.165) is 35.4 Å². The van der Waals surface area contributed by atoms with E-state index in [2.05, 4.69) is 36.2 Å². The fourth-order valence-electron chi connectivity index (χ4n) is 2.61. The maximum atomic E-state index is 6.27. The molecule has 3 nitrogen and oxygen atoms in total. The van der Waals surface area contributed by atoms with Crippen molar-refractivity contribution >= 4 is 11.5 Å². The van der Waals surface area contributed by atoms with E-state index >= 15 is 0 Å². The lowest BCUT2D eigenvalue weighted by molar-refractivity contribution is 0.922. The van der Waals surface area contributed by atoms with Gasteiger partial charge in [-0.25, -0.2) is 4.98 Å². The summed E-state index contributed by atoms with van der Waals surface area (Å²) in [6, 6.07) is 14.6. The van der Waals surface area contributed by atoms with Crippen LogP contribution in [0.1, 0.15) is 24.6 Å². The van der Waals surface area contributed by atoms with Crippen molar-refractivity contribution in [2.45, 2.75) is 26.7 Å². The number of fused-ring (bicyclic) bond motifs is 1. The lowest BCUT2D eigenvalue weighted by atomic mass is 10.1. The van der Waals surface area contributed by atoms with Crippen LogP contribution in [0.2, 0.25) is 0 Å². The maximum absolute atomic E-state index is 6.27. The van der Waals surface area contributed by atoms with Crippen LogP contribution < -0.4 is 5.73 Å². The topological polar surface area (TPSA) is 43.3 Å². The van der Waals surface area contributed by atoms with E-state index in [1.807, 2.05) is 29.5 Å². The largest absolute Gasteiger partial charge is 0.383 e. The normalized spacial score (nSPS) is 11.1. The zero-order chi connectivity index (χ0) is 14.1. The first-order valence-electron chi connectivity index (χ1n) is 7.03. The Balaban J connectivity index is 2.10. The first-order chi connectivity index (χ1) is 9.70. The third-order valence-electron chi connectivity index (χ3n) is 3.64. The maximum Gasteiger partial charge on any atom is 0.139 e. The number of anilines is 1. The highest BCUT2D eigenvalue weighted by molar-refractivity contribution is 5.75. The lowest BCUT2D eigenvalue weighted by Crippen LogP contribution is -1.97. The van der Waals surface area contributed by atoms with Gasteiger partial charge in [-0.05, 0) is 31.0 Å². The molecular weight excluding hydrogens is 246 g/mol. The summed E-state index contributed by atoms with van der Waals surface area (Å²) in [7, 11) is 0. The van der Waals surface area contributed by atoms with Crippen LogP contribution in [0.15, 0.2) is 42.5 Å². The zero-order valence-electron chi connectivity index (χ0n) is 11.9. The van der Waals surface area contributed by atoms with Gasteiger partial charge in [0, 0.05) is 11.3 Å². The van der Waals surface area contributed by atoms with Crippen molar-refractivity contribution in [3.8, 4) is 11.3 Å². The van der Waals surface area contributed by atoms with Crippen LogP contribution in [0.5, 0.6) is 0 Å². The summed E-state index contributed by atoms with van der Waals surface area (Å²) in [6.45, 7) is 4.23. The Morgan fingerprint density at radius 2 is 1.85 bits per heavy atom. The molecule has 0 amide bonds. The molecule has 0 atom stereocenters. The Bertz CT molecular complexity index is 739. The number of hydrogen-bond acceptors (Lipinski definition) is 2. The van der Waals surface area contributed by atoms with Crippen LogP contribution in [-0.4, -0.2) is 9.38 Å². The average molecular weight is 265 g/mol. The van der Waals surface area contributed by atoms with E-state index in [9.17, 15) is 0 Å². The quantitative estimate of drug-likeness (QED) is 0.781. The van der Waals surface area contributed by atoms with E-state index in [-0.39, 0.29) is 0 Å². The summed E-state index contributed by atoms with van der Waals surface area (Å²) >= 11 is 0. The summed E-state index contributed by atoms with van der Waals surface area (Å²) in [5.41, 5.74) is 11.6. The molecule has 0 spiro atoms. The van der Waals surface area contributed by atoms with Crippen molar-refractivity contribution in [2.75, 3.05) is 5.73 Å². The SMILES string of the molecule is CCCc1ccc(-c2nc3cccc(C)n3c2N)cc1. The van der Waals surface area contributed by atoms with Crippen LogP contribution in [0.4, 0.5) is 5.82 Å². The molecule has 0 aliphatic rings. The third kappa shape index (κ3) is 2.05.